The Morgan fingerprint density at radius 2 is 2.03 bits per heavy atom. The molecule has 0 fully saturated rings. The first kappa shape index (κ1) is 19.1. The first-order valence-corrected chi connectivity index (χ1v) is 9.38. The van der Waals surface area contributed by atoms with Crippen LogP contribution in [0.3, 0.4) is 0 Å². The van der Waals surface area contributed by atoms with Gasteiger partial charge < -0.3 is 19.5 Å². The predicted octanol–water partition coefficient (Wildman–Crippen LogP) is 4.06. The van der Waals surface area contributed by atoms with Crippen LogP contribution in [-0.2, 0) is 17.9 Å². The van der Waals surface area contributed by atoms with Crippen LogP contribution in [0.1, 0.15) is 11.1 Å². The van der Waals surface area contributed by atoms with Crippen molar-refractivity contribution < 1.29 is 19.0 Å². The van der Waals surface area contributed by atoms with Gasteiger partial charge in [0.15, 0.2) is 0 Å². The zero-order valence-corrected chi connectivity index (χ0v) is 17.0. The van der Waals surface area contributed by atoms with E-state index in [4.69, 9.17) is 25.8 Å². The molecule has 0 radical (unpaired) electrons. The number of halogens is 1. The summed E-state index contributed by atoms with van der Waals surface area (Å²) >= 11 is 6.19. The quantitative estimate of drug-likeness (QED) is 0.682. The Kier molecular flexibility index (Phi) is 5.07. The minimum atomic E-state index is -0.254. The van der Waals surface area contributed by atoms with Crippen molar-refractivity contribution in [1.82, 2.24) is 9.78 Å². The van der Waals surface area contributed by atoms with E-state index in [1.807, 2.05) is 25.1 Å². The summed E-state index contributed by atoms with van der Waals surface area (Å²) in [5, 5.41) is 7.61. The lowest BCUT2D eigenvalue weighted by molar-refractivity contribution is -0.116. The molecule has 0 spiro atoms. The molecule has 0 saturated heterocycles. The summed E-state index contributed by atoms with van der Waals surface area (Å²) < 4.78 is 18.0. The lowest BCUT2D eigenvalue weighted by Crippen LogP contribution is -2.21. The molecular formula is C21H20ClN3O4. The van der Waals surface area contributed by atoms with Crippen LogP contribution in [0.15, 0.2) is 36.5 Å². The van der Waals surface area contributed by atoms with Crippen molar-refractivity contribution in [3.63, 3.8) is 0 Å². The number of hydrogen-bond acceptors (Lipinski definition) is 5. The Balaban J connectivity index is 1.60. The molecule has 150 valence electrons. The number of anilines is 1. The molecule has 7 nitrogen and oxygen atoms in total. The lowest BCUT2D eigenvalue weighted by Gasteiger charge is -2.20. The number of hydrogen-bond donors (Lipinski definition) is 1. The smallest absolute Gasteiger partial charge is 0.246 e. The molecule has 8 heteroatoms. The molecule has 29 heavy (non-hydrogen) atoms. The Morgan fingerprint density at radius 3 is 2.79 bits per heavy atom. The van der Waals surface area contributed by atoms with Crippen molar-refractivity contribution in [2.75, 3.05) is 19.5 Å². The second-order valence-electron chi connectivity index (χ2n) is 6.70. The fourth-order valence-electron chi connectivity index (χ4n) is 3.36. The third-order valence-corrected chi connectivity index (χ3v) is 5.03. The van der Waals surface area contributed by atoms with Gasteiger partial charge in [-0.05, 0) is 25.1 Å². The molecular weight excluding hydrogens is 394 g/mol. The molecule has 3 aromatic rings. The van der Waals surface area contributed by atoms with Gasteiger partial charge in [0.2, 0.25) is 5.91 Å². The van der Waals surface area contributed by atoms with Gasteiger partial charge in [-0.1, -0.05) is 23.2 Å². The van der Waals surface area contributed by atoms with Gasteiger partial charge in [-0.15, -0.1) is 0 Å². The number of carbonyl (C=O) groups excluding carboxylic acids is 1. The molecule has 0 unspecified atom stereocenters. The Hall–Kier alpha value is -3.19. The summed E-state index contributed by atoms with van der Waals surface area (Å²) in [6.07, 6.45) is 1.73. The average Bonchev–Trinajstić information content (AvgIpc) is 3.11. The number of rotatable bonds is 5. The van der Waals surface area contributed by atoms with Gasteiger partial charge in [0, 0.05) is 17.2 Å². The number of aryl methyl sites for hydroxylation is 1. The number of aromatic nitrogens is 2. The number of nitrogens with zero attached hydrogens (tertiary/aromatic N) is 2. The molecule has 0 bridgehead atoms. The van der Waals surface area contributed by atoms with Crippen molar-refractivity contribution in [2.45, 2.75) is 20.1 Å². The van der Waals surface area contributed by atoms with Crippen LogP contribution in [0.4, 0.5) is 5.69 Å². The summed E-state index contributed by atoms with van der Waals surface area (Å²) in [6, 6.07) is 9.20. The molecule has 0 saturated carbocycles. The maximum Gasteiger partial charge on any atom is 0.246 e. The first-order valence-electron chi connectivity index (χ1n) is 9.00. The fraction of sp³-hybridized carbons (Fsp3) is 0.238. The summed E-state index contributed by atoms with van der Waals surface area (Å²) in [7, 11) is 3.03. The lowest BCUT2D eigenvalue weighted by atomic mass is 10.0. The summed E-state index contributed by atoms with van der Waals surface area (Å²) in [5.41, 5.74) is 4.34. The molecule has 1 aliphatic heterocycles. The van der Waals surface area contributed by atoms with Crippen molar-refractivity contribution in [3.8, 4) is 28.5 Å². The molecule has 2 aromatic carbocycles. The molecule has 1 aliphatic rings. The van der Waals surface area contributed by atoms with Crippen LogP contribution in [0.2, 0.25) is 5.02 Å². The number of benzene rings is 2. The van der Waals surface area contributed by atoms with Crippen LogP contribution in [0.25, 0.3) is 11.3 Å². The van der Waals surface area contributed by atoms with Crippen molar-refractivity contribution in [1.29, 1.82) is 0 Å². The maximum absolute atomic E-state index is 12.7. The highest BCUT2D eigenvalue weighted by Gasteiger charge is 2.23. The van der Waals surface area contributed by atoms with Crippen LogP contribution in [-0.4, -0.2) is 29.9 Å². The van der Waals surface area contributed by atoms with E-state index in [0.717, 1.165) is 28.1 Å². The van der Waals surface area contributed by atoms with Gasteiger partial charge in [0.1, 0.15) is 30.4 Å². The second-order valence-corrected chi connectivity index (χ2v) is 7.11. The van der Waals surface area contributed by atoms with Crippen LogP contribution in [0, 0.1) is 6.92 Å². The normalized spacial score (nSPS) is 11.9. The zero-order chi connectivity index (χ0) is 20.5. The monoisotopic (exact) mass is 413 g/mol. The van der Waals surface area contributed by atoms with E-state index in [1.54, 1.807) is 23.0 Å². The van der Waals surface area contributed by atoms with Gasteiger partial charge in [-0.25, -0.2) is 0 Å². The average molecular weight is 414 g/mol. The van der Waals surface area contributed by atoms with E-state index in [2.05, 4.69) is 10.4 Å². The van der Waals surface area contributed by atoms with Crippen molar-refractivity contribution in [3.05, 3.63) is 52.7 Å². The predicted molar refractivity (Wildman–Crippen MR) is 110 cm³/mol. The SMILES string of the molecule is COc1cc(OC)c(NC(=O)Cn2ncc3c2-c2cc(C)ccc2OC3)cc1Cl. The molecule has 1 aromatic heterocycles. The van der Waals surface area contributed by atoms with E-state index in [9.17, 15) is 4.79 Å². The van der Waals surface area contributed by atoms with Gasteiger partial charge >= 0.3 is 0 Å². The van der Waals surface area contributed by atoms with E-state index >= 15 is 0 Å². The Morgan fingerprint density at radius 1 is 1.24 bits per heavy atom. The summed E-state index contributed by atoms with van der Waals surface area (Å²) in [6.45, 7) is 2.48. The summed E-state index contributed by atoms with van der Waals surface area (Å²) in [5.74, 6) is 1.45. The molecule has 0 atom stereocenters. The highest BCUT2D eigenvalue weighted by atomic mass is 35.5. The number of ether oxygens (including phenoxy) is 3. The minimum Gasteiger partial charge on any atom is -0.495 e. The van der Waals surface area contributed by atoms with E-state index < -0.39 is 0 Å². The second kappa shape index (κ2) is 7.67. The van der Waals surface area contributed by atoms with Crippen molar-refractivity contribution in [2.24, 2.45) is 0 Å². The van der Waals surface area contributed by atoms with Crippen LogP contribution in [0.5, 0.6) is 17.2 Å². The van der Waals surface area contributed by atoms with E-state index in [1.165, 1.54) is 14.2 Å². The van der Waals surface area contributed by atoms with Gasteiger partial charge in [-0.2, -0.15) is 5.10 Å². The van der Waals surface area contributed by atoms with E-state index in [-0.39, 0.29) is 12.5 Å². The number of nitrogens with one attached hydrogen (secondary N) is 1. The van der Waals surface area contributed by atoms with Gasteiger partial charge in [0.25, 0.3) is 0 Å². The number of amides is 1. The highest BCUT2D eigenvalue weighted by molar-refractivity contribution is 6.32. The largest absolute Gasteiger partial charge is 0.495 e. The third kappa shape index (κ3) is 3.61. The maximum atomic E-state index is 12.7. The van der Waals surface area contributed by atoms with Crippen molar-refractivity contribution >= 4 is 23.2 Å². The number of fused-ring (bicyclic) bond motifs is 3. The highest BCUT2D eigenvalue weighted by Crippen LogP contribution is 2.38. The molecule has 4 rings (SSSR count). The van der Waals surface area contributed by atoms with Crippen LogP contribution >= 0.6 is 11.6 Å². The Bertz CT molecular complexity index is 1090. The first-order chi connectivity index (χ1) is 14.0. The van der Waals surface area contributed by atoms with Gasteiger partial charge in [0.05, 0.1) is 36.8 Å². The minimum absolute atomic E-state index is 0.0372. The zero-order valence-electron chi connectivity index (χ0n) is 16.3. The number of carbonyl (C=O) groups is 1. The van der Waals surface area contributed by atoms with Crippen LogP contribution < -0.4 is 19.5 Å². The standard InChI is InChI=1S/C21H20ClN3O4/c1-12-4-5-17-14(6-12)21-13(11-29-17)9-23-25(21)10-20(26)24-16-7-15(22)18(27-2)8-19(16)28-3/h4-9H,10-11H2,1-3H3,(H,24,26). The van der Waals surface area contributed by atoms with E-state index in [0.29, 0.717) is 28.8 Å². The Labute approximate surface area is 173 Å². The molecule has 1 amide bonds. The molecule has 0 aliphatic carbocycles. The third-order valence-electron chi connectivity index (χ3n) is 4.73. The fourth-order valence-corrected chi connectivity index (χ4v) is 3.60. The topological polar surface area (TPSA) is 74.6 Å². The molecule has 1 N–H and O–H groups in total. The number of methoxy groups -OCH3 is 2. The molecule has 2 heterocycles. The summed E-state index contributed by atoms with van der Waals surface area (Å²) in [4.78, 5) is 12.7. The van der Waals surface area contributed by atoms with Gasteiger partial charge in [-0.3, -0.25) is 9.48 Å².